The molecule has 0 fully saturated rings. The van der Waals surface area contributed by atoms with E-state index in [4.69, 9.17) is 10.5 Å². The summed E-state index contributed by atoms with van der Waals surface area (Å²) in [4.78, 5) is 32.9. The highest BCUT2D eigenvalue weighted by molar-refractivity contribution is 5.93. The minimum Gasteiger partial charge on any atom is -0.496 e. The van der Waals surface area contributed by atoms with E-state index in [1.165, 1.54) is 11.6 Å². The summed E-state index contributed by atoms with van der Waals surface area (Å²) in [5.74, 6) is 0.596. The zero-order chi connectivity index (χ0) is 27.2. The lowest BCUT2D eigenvalue weighted by Crippen LogP contribution is -2.34. The summed E-state index contributed by atoms with van der Waals surface area (Å²) in [5.41, 5.74) is 10.2. The molecule has 3 aromatic rings. The molecule has 0 saturated carbocycles. The lowest BCUT2D eigenvalue weighted by atomic mass is 9.99. The van der Waals surface area contributed by atoms with Gasteiger partial charge >= 0.3 is 6.03 Å². The number of methoxy groups -OCH3 is 1. The summed E-state index contributed by atoms with van der Waals surface area (Å²) >= 11 is 0. The second-order valence-electron chi connectivity index (χ2n) is 9.09. The fourth-order valence-electron chi connectivity index (χ4n) is 4.18. The van der Waals surface area contributed by atoms with Crippen molar-refractivity contribution in [1.82, 2.24) is 24.6 Å². The van der Waals surface area contributed by atoms with Crippen molar-refractivity contribution >= 4 is 40.8 Å². The van der Waals surface area contributed by atoms with Gasteiger partial charge in [0, 0.05) is 42.6 Å². The molecule has 11 nitrogen and oxygen atoms in total. The van der Waals surface area contributed by atoms with Crippen molar-refractivity contribution in [3.05, 3.63) is 72.3 Å². The average molecular weight is 517 g/mol. The van der Waals surface area contributed by atoms with Crippen LogP contribution in [0, 0.1) is 0 Å². The highest BCUT2D eigenvalue weighted by Gasteiger charge is 2.20. The molecule has 4 N–H and O–H groups in total. The fourth-order valence-corrected chi connectivity index (χ4v) is 4.18. The van der Waals surface area contributed by atoms with E-state index in [9.17, 15) is 9.59 Å². The molecule has 1 aliphatic rings. The number of hydrogen-bond acceptors (Lipinski definition) is 8. The highest BCUT2D eigenvalue weighted by atomic mass is 16.5. The van der Waals surface area contributed by atoms with Gasteiger partial charge in [-0.05, 0) is 62.0 Å². The topological polar surface area (TPSA) is 131 Å². The molecule has 0 aliphatic carbocycles. The van der Waals surface area contributed by atoms with Crippen LogP contribution in [0.5, 0.6) is 5.75 Å². The zero-order valence-electron chi connectivity index (χ0n) is 21.8. The molecule has 0 saturated heterocycles. The van der Waals surface area contributed by atoms with Crippen LogP contribution in [0.3, 0.4) is 0 Å². The molecule has 0 spiro atoms. The summed E-state index contributed by atoms with van der Waals surface area (Å²) < 4.78 is 6.58. The van der Waals surface area contributed by atoms with E-state index in [0.717, 1.165) is 34.5 Å². The number of nitrogens with one attached hydrogen (secondary N) is 2. The molecule has 1 aliphatic heterocycles. The molecular formula is C27H32N8O3. The third kappa shape index (κ3) is 6.19. The highest BCUT2D eigenvalue weighted by Crippen LogP contribution is 2.32. The summed E-state index contributed by atoms with van der Waals surface area (Å²) in [6, 6.07) is 12.6. The number of amides is 2. The molecule has 2 aromatic carbocycles. The number of nitrogens with two attached hydrogens (primary N) is 1. The zero-order valence-corrected chi connectivity index (χ0v) is 21.8. The van der Waals surface area contributed by atoms with Crippen LogP contribution >= 0.6 is 0 Å². The molecule has 11 heteroatoms. The molecular weight excluding hydrogens is 484 g/mol. The maximum Gasteiger partial charge on any atom is 0.349 e. The predicted octanol–water partition coefficient (Wildman–Crippen LogP) is 3.56. The monoisotopic (exact) mass is 516 g/mol. The molecule has 0 radical (unpaired) electrons. The minimum atomic E-state index is -0.571. The normalized spacial score (nSPS) is 13.2. The van der Waals surface area contributed by atoms with Gasteiger partial charge in [0.25, 0.3) is 0 Å². The Labute approximate surface area is 221 Å². The number of carbonyl (C=O) groups is 2. The smallest absolute Gasteiger partial charge is 0.349 e. The predicted molar refractivity (Wildman–Crippen MR) is 148 cm³/mol. The molecule has 4 rings (SSSR count). The van der Waals surface area contributed by atoms with Crippen LogP contribution in [0.4, 0.5) is 28.1 Å². The van der Waals surface area contributed by atoms with Crippen LogP contribution in [0.15, 0.2) is 61.2 Å². The summed E-state index contributed by atoms with van der Waals surface area (Å²) in [6.45, 7) is 5.50. The van der Waals surface area contributed by atoms with E-state index >= 15 is 0 Å². The Hall–Kier alpha value is -4.64. The van der Waals surface area contributed by atoms with Crippen molar-refractivity contribution in [3.63, 3.8) is 0 Å². The number of nitrogens with zero attached hydrogens (tertiary/aromatic N) is 5. The Morgan fingerprint density at radius 2 is 1.92 bits per heavy atom. The van der Waals surface area contributed by atoms with Crippen molar-refractivity contribution in [2.45, 2.75) is 13.0 Å². The van der Waals surface area contributed by atoms with Crippen molar-refractivity contribution in [1.29, 1.82) is 0 Å². The van der Waals surface area contributed by atoms with Crippen LogP contribution in [0.1, 0.15) is 17.5 Å². The van der Waals surface area contributed by atoms with Crippen LogP contribution in [0.25, 0.3) is 5.57 Å². The van der Waals surface area contributed by atoms with Gasteiger partial charge in [0.2, 0.25) is 17.8 Å². The van der Waals surface area contributed by atoms with Crippen LogP contribution in [0.2, 0.25) is 0 Å². The van der Waals surface area contributed by atoms with E-state index in [-0.39, 0.29) is 17.8 Å². The number of aromatic nitrogens is 3. The molecule has 2 heterocycles. The van der Waals surface area contributed by atoms with Crippen molar-refractivity contribution in [3.8, 4) is 5.75 Å². The number of rotatable bonds is 8. The number of carbonyl (C=O) groups excluding carboxylic acids is 2. The lowest BCUT2D eigenvalue weighted by Gasteiger charge is -2.27. The van der Waals surface area contributed by atoms with Gasteiger partial charge in [-0.3, -0.25) is 4.79 Å². The van der Waals surface area contributed by atoms with Gasteiger partial charge in [-0.25, -0.2) is 4.79 Å². The fraction of sp³-hybridized carbons (Fsp3) is 0.259. The van der Waals surface area contributed by atoms with Crippen molar-refractivity contribution in [2.75, 3.05) is 50.7 Å². The van der Waals surface area contributed by atoms with E-state index in [0.29, 0.717) is 24.5 Å². The first kappa shape index (κ1) is 26.4. The Kier molecular flexibility index (Phi) is 8.07. The van der Waals surface area contributed by atoms with E-state index in [1.54, 1.807) is 24.1 Å². The number of benzene rings is 2. The van der Waals surface area contributed by atoms with Crippen LogP contribution < -0.4 is 21.1 Å². The molecule has 2 amide bonds. The SMILES string of the molecule is C=CC(=O)N1CCC=C(c2ccc(NC(=O)n3nc(Nc4ccc(CN(C)C)cc4)nc3N)cc2OC)C1. The molecule has 38 heavy (non-hydrogen) atoms. The third-order valence-corrected chi connectivity index (χ3v) is 5.97. The largest absolute Gasteiger partial charge is 0.496 e. The Bertz CT molecular complexity index is 1360. The maximum atomic E-state index is 12.9. The van der Waals surface area contributed by atoms with Gasteiger partial charge in [-0.15, -0.1) is 9.78 Å². The first-order valence-electron chi connectivity index (χ1n) is 12.1. The number of anilines is 4. The third-order valence-electron chi connectivity index (χ3n) is 5.97. The Morgan fingerprint density at radius 3 is 2.61 bits per heavy atom. The first-order chi connectivity index (χ1) is 18.3. The van der Waals surface area contributed by atoms with Gasteiger partial charge in [0.1, 0.15) is 5.75 Å². The van der Waals surface area contributed by atoms with Gasteiger partial charge in [-0.1, -0.05) is 24.8 Å². The molecule has 0 atom stereocenters. The number of hydrogen-bond donors (Lipinski definition) is 3. The maximum absolute atomic E-state index is 12.9. The molecule has 0 unspecified atom stereocenters. The Balaban J connectivity index is 1.45. The van der Waals surface area contributed by atoms with Gasteiger partial charge in [-0.2, -0.15) is 4.98 Å². The van der Waals surface area contributed by atoms with Crippen molar-refractivity contribution < 1.29 is 14.3 Å². The molecule has 198 valence electrons. The first-order valence-corrected chi connectivity index (χ1v) is 12.1. The van der Waals surface area contributed by atoms with Crippen LogP contribution in [-0.4, -0.2) is 70.8 Å². The second-order valence-corrected chi connectivity index (χ2v) is 9.09. The van der Waals surface area contributed by atoms with E-state index in [2.05, 4.69) is 38.3 Å². The molecule has 1 aromatic heterocycles. The number of nitrogen functional groups attached to an aromatic ring is 1. The van der Waals surface area contributed by atoms with E-state index < -0.39 is 6.03 Å². The summed E-state index contributed by atoms with van der Waals surface area (Å²) in [7, 11) is 5.58. The quantitative estimate of drug-likeness (QED) is 0.388. The minimum absolute atomic E-state index is 0.0582. The Morgan fingerprint density at radius 1 is 1.18 bits per heavy atom. The summed E-state index contributed by atoms with van der Waals surface area (Å²) in [5, 5.41) is 10.0. The standard InChI is InChI=1S/C27H32N8O3/c1-5-24(36)34-14-6-7-19(17-34)22-13-12-21(15-23(22)38-4)30-27(37)35-25(28)31-26(32-35)29-20-10-8-18(9-11-20)16-33(2)3/h5,7-13,15H,1,6,14,16-17H2,2-4H3,(H,30,37)(H3,28,29,31,32). The van der Waals surface area contributed by atoms with Crippen LogP contribution in [-0.2, 0) is 11.3 Å². The van der Waals surface area contributed by atoms with E-state index in [1.807, 2.05) is 44.4 Å². The molecule has 0 bridgehead atoms. The summed E-state index contributed by atoms with van der Waals surface area (Å²) in [6.07, 6.45) is 4.14. The second kappa shape index (κ2) is 11.6. The van der Waals surface area contributed by atoms with Gasteiger partial charge in [0.05, 0.1) is 7.11 Å². The number of ether oxygens (including phenoxy) is 1. The van der Waals surface area contributed by atoms with Gasteiger partial charge in [0.15, 0.2) is 0 Å². The van der Waals surface area contributed by atoms with Crippen molar-refractivity contribution in [2.24, 2.45) is 0 Å². The van der Waals surface area contributed by atoms with Gasteiger partial charge < -0.3 is 30.9 Å². The lowest BCUT2D eigenvalue weighted by molar-refractivity contribution is -0.125. The average Bonchev–Trinajstić information content (AvgIpc) is 3.28.